The van der Waals surface area contributed by atoms with E-state index in [1.807, 2.05) is 6.20 Å². The van der Waals surface area contributed by atoms with Crippen molar-refractivity contribution in [3.05, 3.63) is 11.9 Å². The first-order valence-corrected chi connectivity index (χ1v) is 4.29. The van der Waals surface area contributed by atoms with Crippen molar-refractivity contribution in [1.82, 2.24) is 13.2 Å². The molecule has 0 radical (unpaired) electrons. The molecule has 1 aromatic heterocycles. The Balaban J connectivity index is 2.74. The molecule has 1 heterocycles. The van der Waals surface area contributed by atoms with Gasteiger partial charge in [-0.1, -0.05) is 19.1 Å². The first kappa shape index (κ1) is 7.97. The summed E-state index contributed by atoms with van der Waals surface area (Å²) < 4.78 is 1.71. The molecular formula is C6H10IN3. The van der Waals surface area contributed by atoms with Crippen molar-refractivity contribution in [3.8, 4) is 0 Å². The van der Waals surface area contributed by atoms with Gasteiger partial charge in [-0.25, -0.2) is 0 Å². The Kier molecular flexibility index (Phi) is 2.64. The molecule has 56 valence electrons. The van der Waals surface area contributed by atoms with Crippen molar-refractivity contribution in [2.45, 2.75) is 26.2 Å². The molecule has 0 saturated heterocycles. The van der Waals surface area contributed by atoms with Crippen molar-refractivity contribution in [2.75, 3.05) is 0 Å². The summed E-state index contributed by atoms with van der Waals surface area (Å²) in [6.45, 7) is 4.30. The van der Waals surface area contributed by atoms with Gasteiger partial charge in [0.2, 0.25) is 0 Å². The predicted molar refractivity (Wildman–Crippen MR) is 48.1 cm³/mol. The van der Waals surface area contributed by atoms with Crippen LogP contribution in [0.15, 0.2) is 6.20 Å². The van der Waals surface area contributed by atoms with Gasteiger partial charge in [0.05, 0.1) is 34.8 Å². The van der Waals surface area contributed by atoms with E-state index in [0.29, 0.717) is 5.92 Å². The Labute approximate surface area is 74.3 Å². The minimum atomic E-state index is 0.531. The van der Waals surface area contributed by atoms with Crippen molar-refractivity contribution in [3.63, 3.8) is 0 Å². The predicted octanol–water partition coefficient (Wildman–Crippen LogP) is 1.99. The van der Waals surface area contributed by atoms with Crippen molar-refractivity contribution in [1.29, 1.82) is 0 Å². The SMILES string of the molecule is CCC(C)c1cn(I)nn1. The highest BCUT2D eigenvalue weighted by molar-refractivity contribution is 14.1. The lowest BCUT2D eigenvalue weighted by atomic mass is 10.1. The molecule has 0 aromatic carbocycles. The third-order valence-corrected chi connectivity index (χ3v) is 2.07. The number of hydrogen-bond acceptors (Lipinski definition) is 2. The number of halogens is 1. The zero-order valence-corrected chi connectivity index (χ0v) is 8.24. The molecule has 0 N–H and O–H groups in total. The number of nitrogens with zero attached hydrogens (tertiary/aromatic N) is 3. The largest absolute Gasteiger partial charge is 0.191 e. The van der Waals surface area contributed by atoms with Crippen LogP contribution >= 0.6 is 22.9 Å². The second-order valence-electron chi connectivity index (χ2n) is 2.34. The Morgan fingerprint density at radius 1 is 1.80 bits per heavy atom. The molecule has 1 aromatic rings. The standard InChI is InChI=1S/C6H10IN3/c1-3-5(2)6-4-10(7)9-8-6/h4-5H,3H2,1-2H3. The van der Waals surface area contributed by atoms with E-state index in [-0.39, 0.29) is 0 Å². The molecule has 1 unspecified atom stereocenters. The van der Waals surface area contributed by atoms with Gasteiger partial charge in [0.1, 0.15) is 0 Å². The number of hydrogen-bond donors (Lipinski definition) is 0. The fourth-order valence-electron chi connectivity index (χ4n) is 0.690. The Morgan fingerprint density at radius 3 is 2.90 bits per heavy atom. The highest BCUT2D eigenvalue weighted by Crippen LogP contribution is 2.14. The van der Waals surface area contributed by atoms with E-state index in [0.717, 1.165) is 12.1 Å². The van der Waals surface area contributed by atoms with Crippen LogP contribution in [0.2, 0.25) is 0 Å². The summed E-state index contributed by atoms with van der Waals surface area (Å²) in [4.78, 5) is 0. The maximum absolute atomic E-state index is 3.99. The van der Waals surface area contributed by atoms with Crippen LogP contribution in [-0.2, 0) is 0 Å². The molecule has 10 heavy (non-hydrogen) atoms. The van der Waals surface area contributed by atoms with E-state index < -0.39 is 0 Å². The number of rotatable bonds is 2. The van der Waals surface area contributed by atoms with Gasteiger partial charge < -0.3 is 0 Å². The summed E-state index contributed by atoms with van der Waals surface area (Å²) in [5, 5.41) is 7.83. The first-order chi connectivity index (χ1) is 4.74. The summed E-state index contributed by atoms with van der Waals surface area (Å²) >= 11 is 2.09. The van der Waals surface area contributed by atoms with Gasteiger partial charge in [-0.15, -0.1) is 5.10 Å². The molecule has 0 bridgehead atoms. The first-order valence-electron chi connectivity index (χ1n) is 3.32. The lowest BCUT2D eigenvalue weighted by Crippen LogP contribution is -1.90. The van der Waals surface area contributed by atoms with E-state index in [2.05, 4.69) is 47.0 Å². The lowest BCUT2D eigenvalue weighted by molar-refractivity contribution is 0.702. The summed E-state index contributed by atoms with van der Waals surface area (Å²) in [5.41, 5.74) is 1.08. The minimum Gasteiger partial charge on any atom is -0.191 e. The fourth-order valence-corrected chi connectivity index (χ4v) is 1.07. The quantitative estimate of drug-likeness (QED) is 0.752. The van der Waals surface area contributed by atoms with Gasteiger partial charge in [0.25, 0.3) is 0 Å². The van der Waals surface area contributed by atoms with Gasteiger partial charge in [0, 0.05) is 5.92 Å². The lowest BCUT2D eigenvalue weighted by Gasteiger charge is -1.99. The van der Waals surface area contributed by atoms with E-state index in [1.165, 1.54) is 0 Å². The molecule has 0 aliphatic heterocycles. The Bertz CT molecular complexity index is 209. The second-order valence-corrected chi connectivity index (χ2v) is 3.33. The molecule has 4 heteroatoms. The topological polar surface area (TPSA) is 30.7 Å². The zero-order chi connectivity index (χ0) is 7.56. The summed E-state index contributed by atoms with van der Waals surface area (Å²) in [6, 6.07) is 0. The molecule has 3 nitrogen and oxygen atoms in total. The normalized spacial score (nSPS) is 13.5. The Hall–Kier alpha value is -0.130. The maximum Gasteiger partial charge on any atom is 0.0864 e. The maximum atomic E-state index is 3.99. The molecule has 0 saturated carbocycles. The van der Waals surface area contributed by atoms with Crippen LogP contribution in [0, 0.1) is 0 Å². The van der Waals surface area contributed by atoms with Crippen LogP contribution in [0.1, 0.15) is 31.9 Å². The van der Waals surface area contributed by atoms with Crippen molar-refractivity contribution in [2.24, 2.45) is 0 Å². The van der Waals surface area contributed by atoms with Crippen LogP contribution in [0.5, 0.6) is 0 Å². The van der Waals surface area contributed by atoms with Crippen LogP contribution < -0.4 is 0 Å². The van der Waals surface area contributed by atoms with Crippen LogP contribution in [0.3, 0.4) is 0 Å². The highest BCUT2D eigenvalue weighted by Gasteiger charge is 2.05. The van der Waals surface area contributed by atoms with E-state index in [4.69, 9.17) is 0 Å². The van der Waals surface area contributed by atoms with Gasteiger partial charge in [-0.05, 0) is 6.42 Å². The third-order valence-electron chi connectivity index (χ3n) is 1.60. The monoisotopic (exact) mass is 251 g/mol. The molecule has 0 aliphatic carbocycles. The van der Waals surface area contributed by atoms with Gasteiger partial charge in [-0.2, -0.15) is 2.90 Å². The van der Waals surface area contributed by atoms with E-state index >= 15 is 0 Å². The zero-order valence-electron chi connectivity index (χ0n) is 6.08. The Morgan fingerprint density at radius 2 is 2.50 bits per heavy atom. The minimum absolute atomic E-state index is 0.531. The van der Waals surface area contributed by atoms with Crippen LogP contribution in [-0.4, -0.2) is 13.2 Å². The molecule has 1 atom stereocenters. The van der Waals surface area contributed by atoms with E-state index in [1.54, 1.807) is 2.90 Å². The van der Waals surface area contributed by atoms with Crippen LogP contribution in [0.25, 0.3) is 0 Å². The van der Waals surface area contributed by atoms with Crippen molar-refractivity contribution < 1.29 is 0 Å². The average molecular weight is 251 g/mol. The molecule has 1 rings (SSSR count). The summed E-state index contributed by atoms with van der Waals surface area (Å²) in [5.74, 6) is 0.531. The number of aromatic nitrogens is 3. The average Bonchev–Trinajstić information content (AvgIpc) is 2.34. The van der Waals surface area contributed by atoms with Gasteiger partial charge in [-0.3, -0.25) is 0 Å². The third kappa shape index (κ3) is 1.68. The smallest absolute Gasteiger partial charge is 0.0864 e. The molecule has 0 spiro atoms. The molecule has 0 amide bonds. The molecule has 0 fully saturated rings. The highest BCUT2D eigenvalue weighted by atomic mass is 127. The molecule has 0 aliphatic rings. The summed E-state index contributed by atoms with van der Waals surface area (Å²) in [6.07, 6.45) is 3.07. The molecular weight excluding hydrogens is 241 g/mol. The van der Waals surface area contributed by atoms with Crippen LogP contribution in [0.4, 0.5) is 0 Å². The fraction of sp³-hybridized carbons (Fsp3) is 0.667. The van der Waals surface area contributed by atoms with E-state index in [9.17, 15) is 0 Å². The van der Waals surface area contributed by atoms with Gasteiger partial charge in [0.15, 0.2) is 0 Å². The summed E-state index contributed by atoms with van der Waals surface area (Å²) in [7, 11) is 0. The second kappa shape index (κ2) is 3.32. The van der Waals surface area contributed by atoms with Crippen molar-refractivity contribution >= 4 is 22.9 Å². The van der Waals surface area contributed by atoms with Gasteiger partial charge >= 0.3 is 0 Å².